The molecule has 1 aromatic carbocycles. The average Bonchev–Trinajstić information content (AvgIpc) is 2.44. The summed E-state index contributed by atoms with van der Waals surface area (Å²) in [6.45, 7) is 8.28. The Morgan fingerprint density at radius 3 is 2.68 bits per heavy atom. The number of anilines is 1. The minimum atomic E-state index is -0.556. The molecule has 2 amide bonds. The second-order valence-electron chi connectivity index (χ2n) is 6.31. The van der Waals surface area contributed by atoms with Crippen molar-refractivity contribution in [1.29, 1.82) is 0 Å². The maximum absolute atomic E-state index is 14.0. The van der Waals surface area contributed by atoms with Crippen LogP contribution < -0.4 is 4.90 Å². The van der Waals surface area contributed by atoms with E-state index in [0.717, 1.165) is 5.56 Å². The van der Waals surface area contributed by atoms with E-state index < -0.39 is 11.9 Å². The quantitative estimate of drug-likeness (QED) is 0.861. The molecule has 1 aromatic rings. The Morgan fingerprint density at radius 2 is 2.05 bits per heavy atom. The summed E-state index contributed by atoms with van der Waals surface area (Å²) in [7, 11) is 0. The van der Waals surface area contributed by atoms with Gasteiger partial charge in [-0.3, -0.25) is 9.59 Å². The average molecular weight is 306 g/mol. The Morgan fingerprint density at radius 1 is 1.36 bits per heavy atom. The third-order valence-electron chi connectivity index (χ3n) is 3.95. The van der Waals surface area contributed by atoms with Gasteiger partial charge in [-0.2, -0.15) is 0 Å². The number of piperazine rings is 1. The number of halogens is 1. The molecule has 22 heavy (non-hydrogen) atoms. The highest BCUT2D eigenvalue weighted by Crippen LogP contribution is 2.25. The topological polar surface area (TPSA) is 40.6 Å². The van der Waals surface area contributed by atoms with Crippen LogP contribution in [0, 0.1) is 18.7 Å². The molecule has 1 heterocycles. The normalized spacial score (nSPS) is 19.0. The van der Waals surface area contributed by atoms with Crippen LogP contribution in [-0.4, -0.2) is 35.8 Å². The Balaban J connectivity index is 2.19. The van der Waals surface area contributed by atoms with Crippen molar-refractivity contribution in [1.82, 2.24) is 4.90 Å². The number of carbonyl (C=O) groups excluding carboxylic acids is 2. The first kappa shape index (κ1) is 16.5. The summed E-state index contributed by atoms with van der Waals surface area (Å²) in [5, 5.41) is 0. The first-order chi connectivity index (χ1) is 10.3. The standard InChI is InChI=1S/C17H23FN2O2/c1-11(2)9-16(21)19-7-8-20(17(22)13(19)4)15-10-12(3)5-6-14(15)18/h5-6,10-11,13H,7-9H2,1-4H3/t13-/m0/s1. The van der Waals surface area contributed by atoms with E-state index in [1.165, 1.54) is 11.0 Å². The molecule has 0 aliphatic carbocycles. The highest BCUT2D eigenvalue weighted by Gasteiger charge is 2.35. The van der Waals surface area contributed by atoms with Gasteiger partial charge in [0.15, 0.2) is 0 Å². The summed E-state index contributed by atoms with van der Waals surface area (Å²) < 4.78 is 14.0. The Kier molecular flexibility index (Phi) is 4.84. The number of hydrogen-bond acceptors (Lipinski definition) is 2. The number of aryl methyl sites for hydroxylation is 1. The van der Waals surface area contributed by atoms with E-state index in [4.69, 9.17) is 0 Å². The van der Waals surface area contributed by atoms with Crippen molar-refractivity contribution in [3.63, 3.8) is 0 Å². The molecular formula is C17H23FN2O2. The highest BCUT2D eigenvalue weighted by atomic mass is 19.1. The first-order valence-corrected chi connectivity index (χ1v) is 7.68. The molecule has 0 spiro atoms. The molecule has 1 atom stereocenters. The molecule has 0 unspecified atom stereocenters. The van der Waals surface area contributed by atoms with Crippen molar-refractivity contribution in [2.45, 2.75) is 40.2 Å². The zero-order valence-electron chi connectivity index (χ0n) is 13.6. The number of nitrogens with zero attached hydrogens (tertiary/aromatic N) is 2. The zero-order valence-corrected chi connectivity index (χ0v) is 13.6. The monoisotopic (exact) mass is 306 g/mol. The molecule has 4 nitrogen and oxygen atoms in total. The lowest BCUT2D eigenvalue weighted by Crippen LogP contribution is -2.58. The van der Waals surface area contributed by atoms with Gasteiger partial charge >= 0.3 is 0 Å². The molecule has 0 N–H and O–H groups in total. The van der Waals surface area contributed by atoms with Gasteiger partial charge in [0, 0.05) is 19.5 Å². The van der Waals surface area contributed by atoms with Crippen LogP contribution in [-0.2, 0) is 9.59 Å². The van der Waals surface area contributed by atoms with Crippen LogP contribution in [0.25, 0.3) is 0 Å². The van der Waals surface area contributed by atoms with Crippen molar-refractivity contribution >= 4 is 17.5 Å². The van der Waals surface area contributed by atoms with E-state index in [-0.39, 0.29) is 17.7 Å². The summed E-state index contributed by atoms with van der Waals surface area (Å²) >= 11 is 0. The lowest BCUT2D eigenvalue weighted by atomic mass is 10.1. The first-order valence-electron chi connectivity index (χ1n) is 7.68. The summed E-state index contributed by atoms with van der Waals surface area (Å²) in [5.41, 5.74) is 1.20. The van der Waals surface area contributed by atoms with E-state index in [2.05, 4.69) is 0 Å². The van der Waals surface area contributed by atoms with Crippen molar-refractivity contribution in [2.75, 3.05) is 18.0 Å². The maximum Gasteiger partial charge on any atom is 0.249 e. The fourth-order valence-corrected chi connectivity index (χ4v) is 2.75. The van der Waals surface area contributed by atoms with E-state index in [1.54, 1.807) is 24.0 Å². The molecule has 120 valence electrons. The predicted molar refractivity (Wildman–Crippen MR) is 84.1 cm³/mol. The van der Waals surface area contributed by atoms with Crippen molar-refractivity contribution in [2.24, 2.45) is 5.92 Å². The van der Waals surface area contributed by atoms with Gasteiger partial charge in [0.05, 0.1) is 5.69 Å². The third kappa shape index (κ3) is 3.29. The molecule has 0 aromatic heterocycles. The molecule has 1 aliphatic heterocycles. The lowest BCUT2D eigenvalue weighted by Gasteiger charge is -2.39. The molecular weight excluding hydrogens is 283 g/mol. The Labute approximate surface area is 130 Å². The van der Waals surface area contributed by atoms with Crippen LogP contribution in [0.1, 0.15) is 32.8 Å². The summed E-state index contributed by atoms with van der Waals surface area (Å²) in [6, 6.07) is 4.17. The zero-order chi connectivity index (χ0) is 16.4. The molecule has 1 aliphatic rings. The number of hydrogen-bond donors (Lipinski definition) is 0. The molecule has 5 heteroatoms. The molecule has 1 fully saturated rings. The van der Waals surface area contributed by atoms with Crippen LogP contribution >= 0.6 is 0 Å². The minimum Gasteiger partial charge on any atom is -0.329 e. The largest absolute Gasteiger partial charge is 0.329 e. The van der Waals surface area contributed by atoms with Crippen LogP contribution in [0.2, 0.25) is 0 Å². The van der Waals surface area contributed by atoms with Crippen molar-refractivity contribution in [3.8, 4) is 0 Å². The van der Waals surface area contributed by atoms with Gasteiger partial charge in [-0.25, -0.2) is 4.39 Å². The molecule has 1 saturated heterocycles. The fraction of sp³-hybridized carbons (Fsp3) is 0.529. The predicted octanol–water partition coefficient (Wildman–Crippen LogP) is 2.74. The molecule has 0 saturated carbocycles. The van der Waals surface area contributed by atoms with Crippen molar-refractivity contribution < 1.29 is 14.0 Å². The van der Waals surface area contributed by atoms with E-state index in [1.807, 2.05) is 20.8 Å². The van der Waals surface area contributed by atoms with Crippen LogP contribution in [0.5, 0.6) is 0 Å². The number of benzene rings is 1. The van der Waals surface area contributed by atoms with Crippen LogP contribution in [0.4, 0.5) is 10.1 Å². The van der Waals surface area contributed by atoms with Gasteiger partial charge < -0.3 is 9.80 Å². The SMILES string of the molecule is Cc1ccc(F)c(N2CCN(C(=O)CC(C)C)[C@@H](C)C2=O)c1. The highest BCUT2D eigenvalue weighted by molar-refractivity contribution is 6.00. The maximum atomic E-state index is 14.0. The van der Waals surface area contributed by atoms with E-state index >= 15 is 0 Å². The smallest absolute Gasteiger partial charge is 0.249 e. The number of carbonyl (C=O) groups is 2. The Hall–Kier alpha value is -1.91. The van der Waals surface area contributed by atoms with Crippen LogP contribution in [0.15, 0.2) is 18.2 Å². The number of rotatable bonds is 3. The van der Waals surface area contributed by atoms with Gasteiger partial charge in [0.1, 0.15) is 11.9 Å². The van der Waals surface area contributed by atoms with Crippen molar-refractivity contribution in [3.05, 3.63) is 29.6 Å². The van der Waals surface area contributed by atoms with Gasteiger partial charge in [-0.1, -0.05) is 19.9 Å². The van der Waals surface area contributed by atoms with Crippen LogP contribution in [0.3, 0.4) is 0 Å². The van der Waals surface area contributed by atoms with Gasteiger partial charge in [-0.15, -0.1) is 0 Å². The second-order valence-corrected chi connectivity index (χ2v) is 6.31. The summed E-state index contributed by atoms with van der Waals surface area (Å²) in [6.07, 6.45) is 0.427. The fourth-order valence-electron chi connectivity index (χ4n) is 2.75. The minimum absolute atomic E-state index is 0.0137. The van der Waals surface area contributed by atoms with E-state index in [0.29, 0.717) is 25.2 Å². The van der Waals surface area contributed by atoms with Gasteiger partial charge in [0.2, 0.25) is 11.8 Å². The second kappa shape index (κ2) is 6.46. The third-order valence-corrected chi connectivity index (χ3v) is 3.95. The Bertz CT molecular complexity index is 586. The summed E-state index contributed by atoms with van der Waals surface area (Å²) in [5.74, 6) is -0.400. The molecule has 0 bridgehead atoms. The molecule has 0 radical (unpaired) electrons. The molecule has 2 rings (SSSR count). The van der Waals surface area contributed by atoms with Gasteiger partial charge in [0.25, 0.3) is 0 Å². The van der Waals surface area contributed by atoms with Gasteiger partial charge in [-0.05, 0) is 37.5 Å². The number of amides is 2. The lowest BCUT2D eigenvalue weighted by molar-refractivity contribution is -0.141. The van der Waals surface area contributed by atoms with E-state index in [9.17, 15) is 14.0 Å². The summed E-state index contributed by atoms with van der Waals surface area (Å²) in [4.78, 5) is 27.8.